The van der Waals surface area contributed by atoms with Crippen molar-refractivity contribution < 1.29 is 9.66 Å². The molecule has 1 aromatic rings. The normalized spacial score (nSPS) is 9.88. The van der Waals surface area contributed by atoms with Gasteiger partial charge in [-0.2, -0.15) is 5.26 Å². The Morgan fingerprint density at radius 3 is 2.75 bits per heavy atom. The molecule has 0 saturated heterocycles. The van der Waals surface area contributed by atoms with Crippen molar-refractivity contribution in [2.45, 2.75) is 13.5 Å². The van der Waals surface area contributed by atoms with E-state index in [1.807, 2.05) is 0 Å². The molecule has 0 radical (unpaired) electrons. The maximum absolute atomic E-state index is 10.9. The van der Waals surface area contributed by atoms with Gasteiger partial charge in [0, 0.05) is 12.7 Å². The number of pyridine rings is 1. The second kappa shape index (κ2) is 4.88. The lowest BCUT2D eigenvalue weighted by molar-refractivity contribution is -0.386. The highest BCUT2D eigenvalue weighted by Gasteiger charge is 2.24. The molecule has 0 unspecified atom stereocenters. The van der Waals surface area contributed by atoms with Gasteiger partial charge in [0.1, 0.15) is 16.9 Å². The van der Waals surface area contributed by atoms with Gasteiger partial charge < -0.3 is 4.74 Å². The Morgan fingerprint density at radius 1 is 1.69 bits per heavy atom. The van der Waals surface area contributed by atoms with E-state index in [0.29, 0.717) is 0 Å². The zero-order valence-corrected chi connectivity index (χ0v) is 9.41. The van der Waals surface area contributed by atoms with Crippen LogP contribution in [0.25, 0.3) is 0 Å². The zero-order chi connectivity index (χ0) is 12.3. The first-order valence-corrected chi connectivity index (χ1v) is 4.63. The van der Waals surface area contributed by atoms with Crippen LogP contribution in [0.2, 0.25) is 5.15 Å². The van der Waals surface area contributed by atoms with Crippen LogP contribution in [0.3, 0.4) is 0 Å². The van der Waals surface area contributed by atoms with E-state index in [1.54, 1.807) is 6.07 Å². The summed E-state index contributed by atoms with van der Waals surface area (Å²) in [7, 11) is 1.40. The molecule has 0 atom stereocenters. The van der Waals surface area contributed by atoms with E-state index in [1.165, 1.54) is 14.0 Å². The molecule has 1 rings (SSSR count). The van der Waals surface area contributed by atoms with Crippen LogP contribution in [-0.2, 0) is 11.3 Å². The molecule has 0 bridgehead atoms. The largest absolute Gasteiger partial charge is 0.378 e. The van der Waals surface area contributed by atoms with Crippen LogP contribution >= 0.6 is 11.6 Å². The molecule has 7 heteroatoms. The summed E-state index contributed by atoms with van der Waals surface area (Å²) in [6.45, 7) is 1.44. The van der Waals surface area contributed by atoms with Crippen LogP contribution in [0.1, 0.15) is 16.8 Å². The molecule has 16 heavy (non-hydrogen) atoms. The van der Waals surface area contributed by atoms with E-state index in [9.17, 15) is 10.1 Å². The highest BCUT2D eigenvalue weighted by atomic mass is 35.5. The maximum atomic E-state index is 10.9. The van der Waals surface area contributed by atoms with Gasteiger partial charge in [-0.1, -0.05) is 11.6 Å². The highest BCUT2D eigenvalue weighted by molar-refractivity contribution is 6.30. The third-order valence-corrected chi connectivity index (χ3v) is 2.29. The predicted octanol–water partition coefficient (Wildman–Crippen LogP) is 1.97. The minimum atomic E-state index is -0.589. The lowest BCUT2D eigenvalue weighted by Crippen LogP contribution is -2.05. The zero-order valence-electron chi connectivity index (χ0n) is 8.65. The van der Waals surface area contributed by atoms with Crippen LogP contribution in [0, 0.1) is 28.4 Å². The molecule has 6 nitrogen and oxygen atoms in total. The summed E-state index contributed by atoms with van der Waals surface area (Å²) in [6.07, 6.45) is 0. The number of hydrogen-bond acceptors (Lipinski definition) is 5. The monoisotopic (exact) mass is 241 g/mol. The number of ether oxygens (including phenoxy) is 1. The number of nitro groups is 1. The summed E-state index contributed by atoms with van der Waals surface area (Å²) >= 11 is 5.74. The molecule has 0 aliphatic heterocycles. The van der Waals surface area contributed by atoms with Crippen molar-refractivity contribution in [1.29, 1.82) is 5.26 Å². The van der Waals surface area contributed by atoms with Crippen molar-refractivity contribution >= 4 is 17.3 Å². The molecule has 0 aromatic carbocycles. The summed E-state index contributed by atoms with van der Waals surface area (Å²) in [6, 6.07) is 1.79. The Balaban J connectivity index is 3.54. The molecular weight excluding hydrogens is 234 g/mol. The lowest BCUT2D eigenvalue weighted by Gasteiger charge is -2.06. The molecule has 0 aliphatic rings. The number of hydrogen-bond donors (Lipinski definition) is 0. The van der Waals surface area contributed by atoms with Gasteiger partial charge in [0.2, 0.25) is 0 Å². The van der Waals surface area contributed by atoms with E-state index in [4.69, 9.17) is 21.6 Å². The van der Waals surface area contributed by atoms with E-state index < -0.39 is 4.92 Å². The Labute approximate surface area is 96.6 Å². The van der Waals surface area contributed by atoms with Gasteiger partial charge in [0.25, 0.3) is 5.69 Å². The fourth-order valence-electron chi connectivity index (χ4n) is 1.33. The Hall–Kier alpha value is -1.71. The standard InChI is InChI=1S/C9H8ClN3O3/c1-5-6(3-11)9(10)12-7(4-16-2)8(5)13(14)15/h4H2,1-2H3. The molecule has 0 amide bonds. The van der Waals surface area contributed by atoms with Crippen molar-refractivity contribution in [1.82, 2.24) is 4.98 Å². The molecule has 0 saturated carbocycles. The first-order chi connectivity index (χ1) is 7.52. The van der Waals surface area contributed by atoms with Crippen LogP contribution < -0.4 is 0 Å². The number of rotatable bonds is 3. The first-order valence-electron chi connectivity index (χ1n) is 4.25. The molecule has 0 fully saturated rings. The second-order valence-electron chi connectivity index (χ2n) is 3.00. The second-order valence-corrected chi connectivity index (χ2v) is 3.36. The molecule has 1 heterocycles. The van der Waals surface area contributed by atoms with E-state index in [-0.39, 0.29) is 34.3 Å². The number of nitriles is 1. The van der Waals surface area contributed by atoms with Crippen molar-refractivity contribution in [3.8, 4) is 6.07 Å². The van der Waals surface area contributed by atoms with Crippen molar-refractivity contribution in [2.24, 2.45) is 0 Å². The predicted molar refractivity (Wildman–Crippen MR) is 56.1 cm³/mol. The van der Waals surface area contributed by atoms with Gasteiger partial charge in [-0.25, -0.2) is 4.98 Å². The summed E-state index contributed by atoms with van der Waals surface area (Å²) in [5, 5.41) is 19.6. The molecule has 0 spiro atoms. The third-order valence-electron chi connectivity index (χ3n) is 2.02. The van der Waals surface area contributed by atoms with Crippen LogP contribution in [0.4, 0.5) is 5.69 Å². The molecule has 1 aromatic heterocycles. The summed E-state index contributed by atoms with van der Waals surface area (Å²) in [5.41, 5.74) is 0.129. The maximum Gasteiger partial charge on any atom is 0.297 e. The Bertz CT molecular complexity index is 482. The van der Waals surface area contributed by atoms with Gasteiger partial charge >= 0.3 is 0 Å². The Kier molecular flexibility index (Phi) is 3.77. The molecule has 0 aliphatic carbocycles. The van der Waals surface area contributed by atoms with Gasteiger partial charge in [0.15, 0.2) is 0 Å². The highest BCUT2D eigenvalue weighted by Crippen LogP contribution is 2.29. The molecular formula is C9H8ClN3O3. The van der Waals surface area contributed by atoms with Crippen LogP contribution in [-0.4, -0.2) is 17.0 Å². The van der Waals surface area contributed by atoms with Crippen LogP contribution in [0.15, 0.2) is 0 Å². The Morgan fingerprint density at radius 2 is 2.31 bits per heavy atom. The van der Waals surface area contributed by atoms with Gasteiger partial charge in [-0.05, 0) is 6.92 Å². The van der Waals surface area contributed by atoms with Crippen LogP contribution in [0.5, 0.6) is 0 Å². The summed E-state index contributed by atoms with van der Waals surface area (Å²) in [5.74, 6) is 0. The van der Waals surface area contributed by atoms with Gasteiger partial charge in [-0.15, -0.1) is 0 Å². The number of methoxy groups -OCH3 is 1. The van der Waals surface area contributed by atoms with E-state index in [2.05, 4.69) is 4.98 Å². The first kappa shape index (κ1) is 12.4. The molecule has 0 N–H and O–H groups in total. The van der Waals surface area contributed by atoms with E-state index >= 15 is 0 Å². The van der Waals surface area contributed by atoms with Crippen molar-refractivity contribution in [3.05, 3.63) is 32.1 Å². The fourth-order valence-corrected chi connectivity index (χ4v) is 1.61. The number of halogens is 1. The quantitative estimate of drug-likeness (QED) is 0.458. The third kappa shape index (κ3) is 2.10. The summed E-state index contributed by atoms with van der Waals surface area (Å²) < 4.78 is 4.79. The average Bonchev–Trinajstić information content (AvgIpc) is 2.17. The topological polar surface area (TPSA) is 89.0 Å². The van der Waals surface area contributed by atoms with Crippen molar-refractivity contribution in [2.75, 3.05) is 7.11 Å². The number of nitrogens with zero attached hydrogens (tertiary/aromatic N) is 3. The van der Waals surface area contributed by atoms with Gasteiger partial charge in [0.05, 0.1) is 17.1 Å². The SMILES string of the molecule is COCc1nc(Cl)c(C#N)c(C)c1[N+](=O)[O-]. The molecule has 84 valence electrons. The summed E-state index contributed by atoms with van der Waals surface area (Å²) in [4.78, 5) is 14.1. The van der Waals surface area contributed by atoms with Crippen molar-refractivity contribution in [3.63, 3.8) is 0 Å². The van der Waals surface area contributed by atoms with Gasteiger partial charge in [-0.3, -0.25) is 10.1 Å². The fraction of sp³-hybridized carbons (Fsp3) is 0.333. The lowest BCUT2D eigenvalue weighted by atomic mass is 10.1. The minimum absolute atomic E-state index is 0.0215. The smallest absolute Gasteiger partial charge is 0.297 e. The minimum Gasteiger partial charge on any atom is -0.378 e. The average molecular weight is 242 g/mol. The number of aromatic nitrogens is 1. The van der Waals surface area contributed by atoms with E-state index in [0.717, 1.165) is 0 Å².